The van der Waals surface area contributed by atoms with E-state index in [1.54, 1.807) is 0 Å². The number of likely N-dealkylation sites (tertiary alicyclic amines) is 1. The van der Waals surface area contributed by atoms with Crippen LogP contribution in [0, 0.1) is 5.92 Å². The molecule has 0 unspecified atom stereocenters. The molecule has 1 aliphatic rings. The first-order valence-corrected chi connectivity index (χ1v) is 6.98. The van der Waals surface area contributed by atoms with Crippen molar-refractivity contribution in [3.8, 4) is 0 Å². The third-order valence-corrected chi connectivity index (χ3v) is 3.48. The lowest BCUT2D eigenvalue weighted by Gasteiger charge is -2.33. The summed E-state index contributed by atoms with van der Waals surface area (Å²) in [6.45, 7) is 17.8. The first kappa shape index (κ1) is 14.7. The van der Waals surface area contributed by atoms with E-state index in [2.05, 4.69) is 44.5 Å². The Kier molecular flexibility index (Phi) is 5.68. The van der Waals surface area contributed by atoms with Crippen molar-refractivity contribution in [2.45, 2.75) is 52.5 Å². The van der Waals surface area contributed by atoms with E-state index in [9.17, 15) is 0 Å². The van der Waals surface area contributed by atoms with Crippen LogP contribution in [-0.2, 0) is 0 Å². The summed E-state index contributed by atoms with van der Waals surface area (Å²) in [6, 6.07) is 0. The van der Waals surface area contributed by atoms with E-state index in [-0.39, 0.29) is 5.54 Å². The first-order valence-electron chi connectivity index (χ1n) is 6.98. The fraction of sp³-hybridized carbons (Fsp3) is 0.867. The topological polar surface area (TPSA) is 15.3 Å². The van der Waals surface area contributed by atoms with Crippen LogP contribution in [0.3, 0.4) is 0 Å². The summed E-state index contributed by atoms with van der Waals surface area (Å²) in [4.78, 5) is 2.59. The summed E-state index contributed by atoms with van der Waals surface area (Å²) in [5.74, 6) is 0.871. The molecule has 0 aromatic rings. The van der Waals surface area contributed by atoms with Gasteiger partial charge in [-0.25, -0.2) is 0 Å². The maximum absolute atomic E-state index is 3.97. The number of piperidine rings is 1. The second-order valence-corrected chi connectivity index (χ2v) is 6.62. The molecule has 0 bridgehead atoms. The van der Waals surface area contributed by atoms with Gasteiger partial charge < -0.3 is 10.2 Å². The van der Waals surface area contributed by atoms with Gasteiger partial charge in [0.2, 0.25) is 0 Å². The van der Waals surface area contributed by atoms with Gasteiger partial charge in [0.05, 0.1) is 0 Å². The molecule has 0 radical (unpaired) electrons. The predicted octanol–water partition coefficient (Wildman–Crippen LogP) is 3.05. The van der Waals surface area contributed by atoms with Crippen molar-refractivity contribution in [3.63, 3.8) is 0 Å². The summed E-state index contributed by atoms with van der Waals surface area (Å²) in [7, 11) is 0. The molecule has 0 aromatic heterocycles. The van der Waals surface area contributed by atoms with Crippen molar-refractivity contribution in [1.82, 2.24) is 10.2 Å². The zero-order valence-corrected chi connectivity index (χ0v) is 12.2. The second kappa shape index (κ2) is 6.55. The van der Waals surface area contributed by atoms with Crippen molar-refractivity contribution in [2.24, 2.45) is 5.92 Å². The number of nitrogens with zero attached hydrogens (tertiary/aromatic N) is 1. The molecule has 1 fully saturated rings. The van der Waals surface area contributed by atoms with Gasteiger partial charge in [0, 0.05) is 12.1 Å². The summed E-state index contributed by atoms with van der Waals surface area (Å²) in [5, 5.41) is 3.62. The highest BCUT2D eigenvalue weighted by atomic mass is 15.1. The molecule has 2 heteroatoms. The fourth-order valence-electron chi connectivity index (χ4n) is 2.21. The van der Waals surface area contributed by atoms with Crippen LogP contribution in [0.5, 0.6) is 0 Å². The van der Waals surface area contributed by atoms with Crippen LogP contribution in [0.15, 0.2) is 12.2 Å². The molecule has 1 rings (SSSR count). The van der Waals surface area contributed by atoms with Crippen LogP contribution in [0.25, 0.3) is 0 Å². The van der Waals surface area contributed by atoms with Gasteiger partial charge >= 0.3 is 0 Å². The second-order valence-electron chi connectivity index (χ2n) is 6.62. The van der Waals surface area contributed by atoms with E-state index in [4.69, 9.17) is 0 Å². The first-order chi connectivity index (χ1) is 7.87. The summed E-state index contributed by atoms with van der Waals surface area (Å²) in [6.07, 6.45) is 3.85. The highest BCUT2D eigenvalue weighted by Crippen LogP contribution is 2.18. The van der Waals surface area contributed by atoms with Gasteiger partial charge in [-0.2, -0.15) is 0 Å². The van der Waals surface area contributed by atoms with E-state index in [1.807, 2.05) is 0 Å². The van der Waals surface area contributed by atoms with Crippen LogP contribution in [0.4, 0.5) is 0 Å². The van der Waals surface area contributed by atoms with Crippen molar-refractivity contribution < 1.29 is 0 Å². The lowest BCUT2D eigenvalue weighted by atomic mass is 9.95. The summed E-state index contributed by atoms with van der Waals surface area (Å²) < 4.78 is 0. The lowest BCUT2D eigenvalue weighted by molar-refractivity contribution is 0.178. The molecule has 0 amide bonds. The maximum atomic E-state index is 3.97. The van der Waals surface area contributed by atoms with Gasteiger partial charge in [0.25, 0.3) is 0 Å². The van der Waals surface area contributed by atoms with Gasteiger partial charge in [-0.1, -0.05) is 5.57 Å². The van der Waals surface area contributed by atoms with Crippen molar-refractivity contribution >= 4 is 0 Å². The van der Waals surface area contributed by atoms with E-state index in [1.165, 1.54) is 44.6 Å². The molecule has 17 heavy (non-hydrogen) atoms. The normalized spacial score (nSPS) is 19.5. The molecule has 1 aliphatic heterocycles. The Labute approximate surface area is 107 Å². The van der Waals surface area contributed by atoms with E-state index in [0.29, 0.717) is 0 Å². The molecular formula is C15H30N2. The minimum absolute atomic E-state index is 0.261. The highest BCUT2D eigenvalue weighted by molar-refractivity contribution is 4.89. The number of hydrogen-bond donors (Lipinski definition) is 1. The van der Waals surface area contributed by atoms with Gasteiger partial charge in [0.15, 0.2) is 0 Å². The summed E-state index contributed by atoms with van der Waals surface area (Å²) in [5.41, 5.74) is 1.57. The molecular weight excluding hydrogens is 208 g/mol. The van der Waals surface area contributed by atoms with Crippen LogP contribution < -0.4 is 5.32 Å². The standard InChI is InChI=1S/C15H30N2/c1-13(2)6-9-17-10-7-14(8-11-17)12-16-15(3,4)5/h14,16H,1,6-12H2,2-5H3. The quantitative estimate of drug-likeness (QED) is 0.741. The Hall–Kier alpha value is -0.340. The third kappa shape index (κ3) is 6.85. The Morgan fingerprint density at radius 2 is 1.88 bits per heavy atom. The highest BCUT2D eigenvalue weighted by Gasteiger charge is 2.20. The van der Waals surface area contributed by atoms with Gasteiger partial charge in [-0.3, -0.25) is 0 Å². The van der Waals surface area contributed by atoms with Crippen LogP contribution >= 0.6 is 0 Å². The number of rotatable bonds is 5. The van der Waals surface area contributed by atoms with E-state index >= 15 is 0 Å². The molecule has 0 aromatic carbocycles. The van der Waals surface area contributed by atoms with Crippen LogP contribution in [-0.4, -0.2) is 36.6 Å². The Morgan fingerprint density at radius 1 is 1.29 bits per heavy atom. The molecule has 0 spiro atoms. The van der Waals surface area contributed by atoms with Crippen molar-refractivity contribution in [3.05, 3.63) is 12.2 Å². The minimum Gasteiger partial charge on any atom is -0.312 e. The monoisotopic (exact) mass is 238 g/mol. The van der Waals surface area contributed by atoms with Gasteiger partial charge in [-0.15, -0.1) is 6.58 Å². The Morgan fingerprint density at radius 3 is 2.35 bits per heavy atom. The zero-order chi connectivity index (χ0) is 12.9. The molecule has 2 nitrogen and oxygen atoms in total. The maximum Gasteiger partial charge on any atom is 0.00966 e. The van der Waals surface area contributed by atoms with Crippen molar-refractivity contribution in [2.75, 3.05) is 26.2 Å². The number of nitrogens with one attached hydrogen (secondary N) is 1. The fourth-order valence-corrected chi connectivity index (χ4v) is 2.21. The van der Waals surface area contributed by atoms with Gasteiger partial charge in [-0.05, 0) is 72.5 Å². The predicted molar refractivity (Wildman–Crippen MR) is 76.4 cm³/mol. The lowest BCUT2D eigenvalue weighted by Crippen LogP contribution is -2.43. The molecule has 100 valence electrons. The molecule has 0 saturated carbocycles. The van der Waals surface area contributed by atoms with Crippen LogP contribution in [0.1, 0.15) is 47.0 Å². The average Bonchev–Trinajstić information content (AvgIpc) is 2.24. The molecule has 1 heterocycles. The minimum atomic E-state index is 0.261. The Balaban J connectivity index is 2.15. The molecule has 0 aliphatic carbocycles. The molecule has 1 N–H and O–H groups in total. The summed E-state index contributed by atoms with van der Waals surface area (Å²) >= 11 is 0. The van der Waals surface area contributed by atoms with Gasteiger partial charge in [0.1, 0.15) is 0 Å². The average molecular weight is 238 g/mol. The largest absolute Gasteiger partial charge is 0.312 e. The van der Waals surface area contributed by atoms with Crippen LogP contribution in [0.2, 0.25) is 0 Å². The Bertz CT molecular complexity index is 232. The number of hydrogen-bond acceptors (Lipinski definition) is 2. The third-order valence-electron chi connectivity index (χ3n) is 3.48. The molecule has 1 saturated heterocycles. The smallest absolute Gasteiger partial charge is 0.00966 e. The zero-order valence-electron chi connectivity index (χ0n) is 12.2. The van der Waals surface area contributed by atoms with Crippen molar-refractivity contribution in [1.29, 1.82) is 0 Å². The SMILES string of the molecule is C=C(C)CCN1CCC(CNC(C)(C)C)CC1. The van der Waals surface area contributed by atoms with E-state index in [0.717, 1.165) is 12.3 Å². The molecule has 0 atom stereocenters. The van der Waals surface area contributed by atoms with E-state index < -0.39 is 0 Å².